The van der Waals surface area contributed by atoms with E-state index in [1.807, 2.05) is 27.7 Å². The van der Waals surface area contributed by atoms with Gasteiger partial charge in [0.05, 0.1) is 0 Å². The summed E-state index contributed by atoms with van der Waals surface area (Å²) < 4.78 is 0. The minimum Gasteiger partial charge on any atom is -0.351 e. The topological polar surface area (TPSA) is 46.2 Å². The number of hydrogen-bond acceptors (Lipinski definition) is 2. The Morgan fingerprint density at radius 3 is 1.75 bits per heavy atom. The molecule has 0 aromatic carbocycles. The van der Waals surface area contributed by atoms with Gasteiger partial charge in [0.25, 0.3) is 0 Å². The lowest BCUT2D eigenvalue weighted by molar-refractivity contribution is -0.135. The Hall–Kier alpha value is -0.860. The Labute approximate surface area is 124 Å². The largest absolute Gasteiger partial charge is 0.351 e. The summed E-state index contributed by atoms with van der Waals surface area (Å²) in [5.74, 6) is 0.680. The van der Waals surface area contributed by atoms with Crippen LogP contribution in [0.25, 0.3) is 0 Å². The van der Waals surface area contributed by atoms with Crippen molar-refractivity contribution in [2.45, 2.75) is 80.7 Å². The minimum absolute atomic E-state index is 0.0254. The van der Waals surface area contributed by atoms with Crippen LogP contribution in [0.5, 0.6) is 0 Å². The highest BCUT2D eigenvalue weighted by atomic mass is 16.2. The Balaban J connectivity index is 4.87. The second kappa shape index (κ2) is 6.28. The van der Waals surface area contributed by atoms with Gasteiger partial charge < -0.3 is 5.32 Å². The summed E-state index contributed by atoms with van der Waals surface area (Å²) >= 11 is 0. The van der Waals surface area contributed by atoms with Crippen molar-refractivity contribution >= 4 is 11.7 Å². The highest BCUT2D eigenvalue weighted by Crippen LogP contribution is 2.35. The monoisotopic (exact) mass is 283 g/mol. The van der Waals surface area contributed by atoms with Crippen LogP contribution in [0.1, 0.15) is 75.2 Å². The van der Waals surface area contributed by atoms with Crippen LogP contribution in [-0.4, -0.2) is 17.2 Å². The van der Waals surface area contributed by atoms with Crippen molar-refractivity contribution in [3.63, 3.8) is 0 Å². The fourth-order valence-corrected chi connectivity index (χ4v) is 2.86. The molecular formula is C17H33NO2. The fraction of sp³-hybridized carbons (Fsp3) is 0.882. The molecule has 0 aliphatic heterocycles. The smallest absolute Gasteiger partial charge is 0.226 e. The molecule has 0 atom stereocenters. The molecule has 118 valence electrons. The van der Waals surface area contributed by atoms with Gasteiger partial charge in [0, 0.05) is 16.4 Å². The molecule has 0 saturated heterocycles. The van der Waals surface area contributed by atoms with Crippen LogP contribution in [0.15, 0.2) is 0 Å². The third-order valence-electron chi connectivity index (χ3n) is 3.82. The zero-order valence-corrected chi connectivity index (χ0v) is 14.8. The predicted molar refractivity (Wildman–Crippen MR) is 84.5 cm³/mol. The van der Waals surface area contributed by atoms with Crippen LogP contribution in [0.2, 0.25) is 0 Å². The Bertz CT molecular complexity index is 365. The lowest BCUT2D eigenvalue weighted by Crippen LogP contribution is -2.50. The Kier molecular flexibility index (Phi) is 6.01. The number of amides is 1. The van der Waals surface area contributed by atoms with Gasteiger partial charge in [-0.2, -0.15) is 0 Å². The van der Waals surface area contributed by atoms with Crippen LogP contribution >= 0.6 is 0 Å². The number of hydrogen-bond donors (Lipinski definition) is 1. The standard InChI is InChI=1S/C17H33NO2/c1-12(2)10-17(8,9)18-14(20)16(6,7)11-15(4,5)13(3)19/h12H,10-11H2,1-9H3,(H,18,20). The van der Waals surface area contributed by atoms with Crippen molar-refractivity contribution in [3.8, 4) is 0 Å². The number of carbonyl (C=O) groups excluding carboxylic acids is 2. The summed E-state index contributed by atoms with van der Waals surface area (Å²) in [6.45, 7) is 17.6. The van der Waals surface area contributed by atoms with Crippen molar-refractivity contribution in [2.24, 2.45) is 16.7 Å². The van der Waals surface area contributed by atoms with Crippen LogP contribution in [0.4, 0.5) is 0 Å². The first-order valence-corrected chi connectivity index (χ1v) is 7.53. The second-order valence-electron chi connectivity index (χ2n) is 8.44. The van der Waals surface area contributed by atoms with Gasteiger partial charge in [-0.25, -0.2) is 0 Å². The Morgan fingerprint density at radius 2 is 1.40 bits per heavy atom. The summed E-state index contributed by atoms with van der Waals surface area (Å²) in [7, 11) is 0. The molecular weight excluding hydrogens is 250 g/mol. The summed E-state index contributed by atoms with van der Waals surface area (Å²) in [5, 5.41) is 3.14. The third kappa shape index (κ3) is 6.06. The summed E-state index contributed by atoms with van der Waals surface area (Å²) in [6, 6.07) is 0. The van der Waals surface area contributed by atoms with Crippen molar-refractivity contribution in [1.29, 1.82) is 0 Å². The van der Waals surface area contributed by atoms with Crippen molar-refractivity contribution in [3.05, 3.63) is 0 Å². The number of rotatable bonds is 7. The molecule has 0 aromatic rings. The molecule has 1 amide bonds. The van der Waals surface area contributed by atoms with E-state index in [4.69, 9.17) is 0 Å². The molecule has 1 N–H and O–H groups in total. The van der Waals surface area contributed by atoms with E-state index in [0.29, 0.717) is 12.3 Å². The van der Waals surface area contributed by atoms with Gasteiger partial charge in [-0.3, -0.25) is 9.59 Å². The van der Waals surface area contributed by atoms with Crippen molar-refractivity contribution < 1.29 is 9.59 Å². The normalized spacial score (nSPS) is 13.5. The maximum Gasteiger partial charge on any atom is 0.226 e. The number of carbonyl (C=O) groups is 2. The SMILES string of the molecule is CC(=O)C(C)(C)CC(C)(C)C(=O)NC(C)(C)CC(C)C. The molecule has 0 aliphatic rings. The van der Waals surface area contributed by atoms with Crippen molar-refractivity contribution in [1.82, 2.24) is 5.32 Å². The first kappa shape index (κ1) is 19.1. The minimum atomic E-state index is -0.552. The lowest BCUT2D eigenvalue weighted by Gasteiger charge is -2.36. The molecule has 0 saturated carbocycles. The predicted octanol–water partition coefficient (Wildman–Crippen LogP) is 3.96. The van der Waals surface area contributed by atoms with E-state index in [9.17, 15) is 9.59 Å². The van der Waals surface area contributed by atoms with E-state index in [1.54, 1.807) is 6.92 Å². The van der Waals surface area contributed by atoms with Gasteiger partial charge in [-0.1, -0.05) is 41.5 Å². The first-order chi connectivity index (χ1) is 8.69. The van der Waals surface area contributed by atoms with E-state index < -0.39 is 10.8 Å². The second-order valence-corrected chi connectivity index (χ2v) is 8.44. The lowest BCUT2D eigenvalue weighted by atomic mass is 9.72. The van der Waals surface area contributed by atoms with Crippen LogP contribution in [0.3, 0.4) is 0 Å². The first-order valence-electron chi connectivity index (χ1n) is 7.53. The van der Waals surface area contributed by atoms with E-state index in [0.717, 1.165) is 6.42 Å². The van der Waals surface area contributed by atoms with Gasteiger partial charge >= 0.3 is 0 Å². The quantitative estimate of drug-likeness (QED) is 0.768. The number of Topliss-reactive ketones (excluding diaryl/α,β-unsaturated/α-hetero) is 1. The van der Waals surface area contributed by atoms with Gasteiger partial charge in [0.1, 0.15) is 5.78 Å². The molecule has 3 nitrogen and oxygen atoms in total. The van der Waals surface area contributed by atoms with E-state index in [2.05, 4.69) is 33.0 Å². The van der Waals surface area contributed by atoms with Gasteiger partial charge in [0.2, 0.25) is 5.91 Å². The molecule has 0 unspecified atom stereocenters. The molecule has 0 radical (unpaired) electrons. The zero-order chi connectivity index (χ0) is 16.4. The molecule has 0 heterocycles. The average molecular weight is 283 g/mol. The summed E-state index contributed by atoms with van der Waals surface area (Å²) in [5.41, 5.74) is -1.24. The van der Waals surface area contributed by atoms with Gasteiger partial charge in [-0.15, -0.1) is 0 Å². The van der Waals surface area contributed by atoms with E-state index in [-0.39, 0.29) is 17.2 Å². The number of nitrogens with one attached hydrogen (secondary N) is 1. The summed E-state index contributed by atoms with van der Waals surface area (Å²) in [6.07, 6.45) is 1.49. The highest BCUT2D eigenvalue weighted by molar-refractivity contribution is 5.85. The molecule has 0 aliphatic carbocycles. The molecule has 3 heteroatoms. The van der Waals surface area contributed by atoms with Crippen molar-refractivity contribution in [2.75, 3.05) is 0 Å². The maximum absolute atomic E-state index is 12.5. The fourth-order valence-electron chi connectivity index (χ4n) is 2.86. The third-order valence-corrected chi connectivity index (χ3v) is 3.82. The van der Waals surface area contributed by atoms with Crippen LogP contribution < -0.4 is 5.32 Å². The highest BCUT2D eigenvalue weighted by Gasteiger charge is 2.38. The van der Waals surface area contributed by atoms with Gasteiger partial charge in [-0.05, 0) is 39.5 Å². The average Bonchev–Trinajstić information content (AvgIpc) is 2.11. The maximum atomic E-state index is 12.5. The van der Waals surface area contributed by atoms with Crippen LogP contribution in [0, 0.1) is 16.7 Å². The Morgan fingerprint density at radius 1 is 0.950 bits per heavy atom. The molecule has 0 spiro atoms. The molecule has 0 rings (SSSR count). The molecule has 0 fully saturated rings. The molecule has 0 bridgehead atoms. The van der Waals surface area contributed by atoms with Gasteiger partial charge in [0.15, 0.2) is 0 Å². The molecule has 0 aromatic heterocycles. The van der Waals surface area contributed by atoms with E-state index >= 15 is 0 Å². The zero-order valence-electron chi connectivity index (χ0n) is 14.8. The summed E-state index contributed by atoms with van der Waals surface area (Å²) in [4.78, 5) is 24.2. The number of ketones is 1. The molecule has 20 heavy (non-hydrogen) atoms. The van der Waals surface area contributed by atoms with Crippen LogP contribution in [-0.2, 0) is 9.59 Å². The van der Waals surface area contributed by atoms with E-state index in [1.165, 1.54) is 0 Å².